The topological polar surface area (TPSA) is 29.5 Å². The molecule has 1 atom stereocenters. The molecule has 0 amide bonds. The van der Waals surface area contributed by atoms with Gasteiger partial charge >= 0.3 is 12.1 Å². The normalized spacial score (nSPS) is 20.1. The van der Waals surface area contributed by atoms with Gasteiger partial charge in [-0.3, -0.25) is 9.69 Å². The van der Waals surface area contributed by atoms with E-state index in [1.54, 1.807) is 11.0 Å². The SMILES string of the molecule is COC(=O)C1CCCN1Cc1ccccc1C(F)(F)F. The Morgan fingerprint density at radius 1 is 1.40 bits per heavy atom. The van der Waals surface area contributed by atoms with E-state index in [1.807, 2.05) is 0 Å². The molecule has 0 spiro atoms. The molecule has 0 N–H and O–H groups in total. The highest BCUT2D eigenvalue weighted by atomic mass is 19.4. The summed E-state index contributed by atoms with van der Waals surface area (Å²) < 4.78 is 43.5. The summed E-state index contributed by atoms with van der Waals surface area (Å²) in [5.41, 5.74) is -0.452. The molecule has 6 heteroatoms. The zero-order valence-corrected chi connectivity index (χ0v) is 11.1. The number of esters is 1. The predicted molar refractivity (Wildman–Crippen MR) is 66.9 cm³/mol. The van der Waals surface area contributed by atoms with Crippen LogP contribution in [0, 0.1) is 0 Å². The first-order valence-corrected chi connectivity index (χ1v) is 6.40. The second-order valence-electron chi connectivity index (χ2n) is 4.81. The fourth-order valence-electron chi connectivity index (χ4n) is 2.57. The van der Waals surface area contributed by atoms with Gasteiger partial charge in [0.15, 0.2) is 0 Å². The first-order valence-electron chi connectivity index (χ1n) is 6.40. The number of likely N-dealkylation sites (tertiary alicyclic amines) is 1. The molecule has 2 rings (SSSR count). The van der Waals surface area contributed by atoms with E-state index in [4.69, 9.17) is 4.74 Å². The predicted octanol–water partition coefficient (Wildman–Crippen LogP) is 2.84. The van der Waals surface area contributed by atoms with Gasteiger partial charge in [0.1, 0.15) is 6.04 Å². The highest BCUT2D eigenvalue weighted by molar-refractivity contribution is 5.76. The first kappa shape index (κ1) is 14.8. The Kier molecular flexibility index (Phi) is 4.32. The summed E-state index contributed by atoms with van der Waals surface area (Å²) in [6.07, 6.45) is -2.97. The van der Waals surface area contributed by atoms with E-state index in [9.17, 15) is 18.0 Å². The number of hydrogen-bond donors (Lipinski definition) is 0. The van der Waals surface area contributed by atoms with Gasteiger partial charge in [0.25, 0.3) is 0 Å². The summed E-state index contributed by atoms with van der Waals surface area (Å²) in [6, 6.07) is 5.02. The van der Waals surface area contributed by atoms with Crippen LogP contribution in [0.3, 0.4) is 0 Å². The molecule has 1 heterocycles. The fourth-order valence-corrected chi connectivity index (χ4v) is 2.57. The van der Waals surface area contributed by atoms with Crippen LogP contribution in [0.4, 0.5) is 13.2 Å². The van der Waals surface area contributed by atoms with Gasteiger partial charge in [0.05, 0.1) is 12.7 Å². The average molecular weight is 287 g/mol. The van der Waals surface area contributed by atoms with Crippen molar-refractivity contribution < 1.29 is 22.7 Å². The summed E-state index contributed by atoms with van der Waals surface area (Å²) in [4.78, 5) is 13.4. The minimum absolute atomic E-state index is 0.107. The van der Waals surface area contributed by atoms with Crippen LogP contribution in [-0.4, -0.2) is 30.6 Å². The third-order valence-electron chi connectivity index (χ3n) is 3.53. The smallest absolute Gasteiger partial charge is 0.416 e. The Morgan fingerprint density at radius 2 is 2.10 bits per heavy atom. The summed E-state index contributed by atoms with van der Waals surface area (Å²) in [7, 11) is 1.29. The van der Waals surface area contributed by atoms with Crippen LogP contribution in [0.5, 0.6) is 0 Å². The maximum Gasteiger partial charge on any atom is 0.416 e. The van der Waals surface area contributed by atoms with E-state index in [0.717, 1.165) is 12.5 Å². The van der Waals surface area contributed by atoms with Crippen LogP contribution in [0.25, 0.3) is 0 Å². The number of carbonyl (C=O) groups excluding carboxylic acids is 1. The molecule has 1 aliphatic rings. The lowest BCUT2D eigenvalue weighted by atomic mass is 10.1. The lowest BCUT2D eigenvalue weighted by Crippen LogP contribution is -2.36. The van der Waals surface area contributed by atoms with Crippen molar-refractivity contribution in [2.45, 2.75) is 31.6 Å². The second-order valence-corrected chi connectivity index (χ2v) is 4.81. The zero-order chi connectivity index (χ0) is 14.8. The summed E-state index contributed by atoms with van der Waals surface area (Å²) in [5, 5.41) is 0. The molecule has 20 heavy (non-hydrogen) atoms. The van der Waals surface area contributed by atoms with Crippen LogP contribution < -0.4 is 0 Å². The van der Waals surface area contributed by atoms with Crippen molar-refractivity contribution in [1.29, 1.82) is 0 Å². The maximum absolute atomic E-state index is 12.9. The Morgan fingerprint density at radius 3 is 2.75 bits per heavy atom. The van der Waals surface area contributed by atoms with Gasteiger partial charge < -0.3 is 4.74 Å². The van der Waals surface area contributed by atoms with Gasteiger partial charge in [-0.05, 0) is 31.0 Å². The molecule has 1 fully saturated rings. The standard InChI is InChI=1S/C14H16F3NO2/c1-20-13(19)12-7-4-8-18(12)9-10-5-2-3-6-11(10)14(15,16)17/h2-3,5-6,12H,4,7-9H2,1H3. The third-order valence-corrected chi connectivity index (χ3v) is 3.53. The van der Waals surface area contributed by atoms with Crippen LogP contribution in [0.2, 0.25) is 0 Å². The van der Waals surface area contributed by atoms with Crippen molar-refractivity contribution >= 4 is 5.97 Å². The Balaban J connectivity index is 2.20. The Bertz CT molecular complexity index is 488. The molecule has 0 bridgehead atoms. The van der Waals surface area contributed by atoms with E-state index in [1.165, 1.54) is 19.2 Å². The largest absolute Gasteiger partial charge is 0.468 e. The Hall–Kier alpha value is -1.56. The maximum atomic E-state index is 12.9. The third kappa shape index (κ3) is 3.12. The average Bonchev–Trinajstić information content (AvgIpc) is 2.85. The van der Waals surface area contributed by atoms with E-state index < -0.39 is 17.8 Å². The molecule has 0 saturated carbocycles. The lowest BCUT2D eigenvalue weighted by Gasteiger charge is -2.24. The molecular formula is C14H16F3NO2. The molecule has 3 nitrogen and oxygen atoms in total. The number of methoxy groups -OCH3 is 1. The van der Waals surface area contributed by atoms with Gasteiger partial charge in [0.2, 0.25) is 0 Å². The number of benzene rings is 1. The van der Waals surface area contributed by atoms with Gasteiger partial charge in [-0.1, -0.05) is 18.2 Å². The molecule has 0 aliphatic carbocycles. The monoisotopic (exact) mass is 287 g/mol. The number of hydrogen-bond acceptors (Lipinski definition) is 3. The number of nitrogens with zero attached hydrogens (tertiary/aromatic N) is 1. The molecule has 1 unspecified atom stereocenters. The highest BCUT2D eigenvalue weighted by Crippen LogP contribution is 2.33. The van der Waals surface area contributed by atoms with Crippen LogP contribution in [0.1, 0.15) is 24.0 Å². The van der Waals surface area contributed by atoms with E-state index in [0.29, 0.717) is 13.0 Å². The van der Waals surface area contributed by atoms with Crippen molar-refractivity contribution in [3.63, 3.8) is 0 Å². The van der Waals surface area contributed by atoms with Gasteiger partial charge in [-0.25, -0.2) is 0 Å². The van der Waals surface area contributed by atoms with E-state index >= 15 is 0 Å². The molecule has 1 aromatic carbocycles. The van der Waals surface area contributed by atoms with Crippen LogP contribution in [0.15, 0.2) is 24.3 Å². The van der Waals surface area contributed by atoms with Crippen molar-refractivity contribution in [3.8, 4) is 0 Å². The van der Waals surface area contributed by atoms with E-state index in [2.05, 4.69) is 0 Å². The Labute approximate surface area is 115 Å². The highest BCUT2D eigenvalue weighted by Gasteiger charge is 2.36. The number of rotatable bonds is 3. The van der Waals surface area contributed by atoms with E-state index in [-0.39, 0.29) is 18.1 Å². The summed E-state index contributed by atoms with van der Waals surface area (Å²) in [6.45, 7) is 0.710. The molecule has 0 aromatic heterocycles. The number of ether oxygens (including phenoxy) is 1. The number of alkyl halides is 3. The first-order chi connectivity index (χ1) is 9.43. The second kappa shape index (κ2) is 5.83. The van der Waals surface area contributed by atoms with Crippen molar-refractivity contribution in [1.82, 2.24) is 4.90 Å². The van der Waals surface area contributed by atoms with Crippen LogP contribution in [-0.2, 0) is 22.3 Å². The van der Waals surface area contributed by atoms with Gasteiger partial charge in [-0.15, -0.1) is 0 Å². The van der Waals surface area contributed by atoms with Crippen molar-refractivity contribution in [2.75, 3.05) is 13.7 Å². The molecule has 1 aliphatic heterocycles. The fraction of sp³-hybridized carbons (Fsp3) is 0.500. The quantitative estimate of drug-likeness (QED) is 0.801. The minimum atomic E-state index is -4.38. The number of halogens is 3. The van der Waals surface area contributed by atoms with Crippen LogP contribution >= 0.6 is 0 Å². The summed E-state index contributed by atoms with van der Waals surface area (Å²) >= 11 is 0. The minimum Gasteiger partial charge on any atom is -0.468 e. The van der Waals surface area contributed by atoms with Crippen molar-refractivity contribution in [3.05, 3.63) is 35.4 Å². The van der Waals surface area contributed by atoms with Gasteiger partial charge in [0, 0.05) is 6.54 Å². The molecular weight excluding hydrogens is 271 g/mol. The number of carbonyl (C=O) groups is 1. The lowest BCUT2D eigenvalue weighted by molar-refractivity contribution is -0.146. The molecule has 110 valence electrons. The zero-order valence-electron chi connectivity index (χ0n) is 11.1. The van der Waals surface area contributed by atoms with Gasteiger partial charge in [-0.2, -0.15) is 13.2 Å². The van der Waals surface area contributed by atoms with Crippen molar-refractivity contribution in [2.24, 2.45) is 0 Å². The molecule has 0 radical (unpaired) electrons. The summed E-state index contributed by atoms with van der Waals surface area (Å²) in [5.74, 6) is -0.382. The molecule has 1 saturated heterocycles. The molecule has 1 aromatic rings.